The van der Waals surface area contributed by atoms with Crippen LogP contribution in [0.1, 0.15) is 29.8 Å². The predicted octanol–water partition coefficient (Wildman–Crippen LogP) is 3.63. The third kappa shape index (κ3) is 3.51. The van der Waals surface area contributed by atoms with Crippen molar-refractivity contribution in [3.05, 3.63) is 46.3 Å². The maximum atomic E-state index is 11.4. The summed E-state index contributed by atoms with van der Waals surface area (Å²) < 4.78 is 2.70. The molecule has 130 valence electrons. The maximum Gasteiger partial charge on any atom is 0.248 e. The van der Waals surface area contributed by atoms with E-state index < -0.39 is 5.91 Å². The molecule has 1 aromatic carbocycles. The Morgan fingerprint density at radius 2 is 2.16 bits per heavy atom. The highest BCUT2D eigenvalue weighted by Crippen LogP contribution is 2.27. The van der Waals surface area contributed by atoms with Gasteiger partial charge < -0.3 is 11.1 Å². The number of nitrogens with two attached hydrogens (primary N) is 1. The van der Waals surface area contributed by atoms with E-state index in [-0.39, 0.29) is 0 Å². The SMILES string of the molecule is Cc1cc(-c2cnc3c(NCC(C)C)nc(Br)cn23)ccc1C(N)=O. The first-order valence-corrected chi connectivity index (χ1v) is 8.84. The van der Waals surface area contributed by atoms with Crippen LogP contribution in [0.5, 0.6) is 0 Å². The molecule has 3 aromatic rings. The molecule has 0 atom stereocenters. The number of amides is 1. The number of carbonyl (C=O) groups excluding carboxylic acids is 1. The number of hydrogen-bond acceptors (Lipinski definition) is 4. The highest BCUT2D eigenvalue weighted by Gasteiger charge is 2.14. The minimum Gasteiger partial charge on any atom is -0.367 e. The molecule has 3 N–H and O–H groups in total. The molecule has 0 aliphatic heterocycles. The number of imidazole rings is 1. The van der Waals surface area contributed by atoms with Crippen LogP contribution in [0, 0.1) is 12.8 Å². The van der Waals surface area contributed by atoms with Crippen LogP contribution in [0.3, 0.4) is 0 Å². The smallest absolute Gasteiger partial charge is 0.248 e. The van der Waals surface area contributed by atoms with Gasteiger partial charge in [-0.05, 0) is 46.5 Å². The molecule has 0 radical (unpaired) electrons. The number of primary amides is 1. The van der Waals surface area contributed by atoms with Crippen molar-refractivity contribution in [2.24, 2.45) is 11.7 Å². The number of aromatic nitrogens is 3. The van der Waals surface area contributed by atoms with Crippen LogP contribution < -0.4 is 11.1 Å². The Morgan fingerprint density at radius 3 is 2.80 bits per heavy atom. The van der Waals surface area contributed by atoms with Crippen LogP contribution >= 0.6 is 15.9 Å². The van der Waals surface area contributed by atoms with E-state index in [1.807, 2.05) is 35.9 Å². The predicted molar refractivity (Wildman–Crippen MR) is 103 cm³/mol. The molecule has 3 rings (SSSR count). The molecule has 1 amide bonds. The Balaban J connectivity index is 2.09. The van der Waals surface area contributed by atoms with Crippen molar-refractivity contribution in [1.82, 2.24) is 14.4 Å². The molecule has 25 heavy (non-hydrogen) atoms. The van der Waals surface area contributed by atoms with E-state index in [2.05, 4.69) is 45.1 Å². The zero-order valence-corrected chi connectivity index (χ0v) is 16.0. The minimum absolute atomic E-state index is 0.422. The topological polar surface area (TPSA) is 85.3 Å². The van der Waals surface area contributed by atoms with Crippen molar-refractivity contribution < 1.29 is 4.79 Å². The van der Waals surface area contributed by atoms with Gasteiger partial charge in [0.15, 0.2) is 11.5 Å². The van der Waals surface area contributed by atoms with Crippen molar-refractivity contribution in [3.8, 4) is 11.3 Å². The second kappa shape index (κ2) is 6.84. The van der Waals surface area contributed by atoms with Gasteiger partial charge in [0.25, 0.3) is 0 Å². The van der Waals surface area contributed by atoms with Gasteiger partial charge in [-0.1, -0.05) is 19.9 Å². The lowest BCUT2D eigenvalue weighted by Gasteiger charge is -2.11. The van der Waals surface area contributed by atoms with Gasteiger partial charge >= 0.3 is 0 Å². The van der Waals surface area contributed by atoms with E-state index >= 15 is 0 Å². The largest absolute Gasteiger partial charge is 0.367 e. The van der Waals surface area contributed by atoms with Crippen LogP contribution in [-0.2, 0) is 0 Å². The zero-order chi connectivity index (χ0) is 18.1. The molecule has 0 bridgehead atoms. The van der Waals surface area contributed by atoms with E-state index in [1.54, 1.807) is 6.07 Å². The summed E-state index contributed by atoms with van der Waals surface area (Å²) >= 11 is 3.47. The quantitative estimate of drug-likeness (QED) is 0.683. The van der Waals surface area contributed by atoms with Gasteiger partial charge in [0.1, 0.15) is 4.60 Å². The standard InChI is InChI=1S/C18H20BrN5O/c1-10(2)7-21-17-18-22-8-14(24(18)9-15(19)23-17)12-4-5-13(16(20)25)11(3)6-12/h4-6,8-10H,7H2,1-3H3,(H2,20,25)(H,21,23). The normalized spacial score (nSPS) is 11.2. The van der Waals surface area contributed by atoms with Crippen molar-refractivity contribution in [2.45, 2.75) is 20.8 Å². The fourth-order valence-electron chi connectivity index (χ4n) is 2.69. The first-order valence-electron chi connectivity index (χ1n) is 8.05. The number of nitrogens with one attached hydrogen (secondary N) is 1. The fourth-order valence-corrected chi connectivity index (χ4v) is 3.07. The molecule has 0 aliphatic rings. The van der Waals surface area contributed by atoms with Gasteiger partial charge in [-0.15, -0.1) is 0 Å². The Labute approximate surface area is 154 Å². The number of fused-ring (bicyclic) bond motifs is 1. The second-order valence-electron chi connectivity index (χ2n) is 6.42. The van der Waals surface area contributed by atoms with Crippen molar-refractivity contribution >= 4 is 33.3 Å². The van der Waals surface area contributed by atoms with Crippen LogP contribution in [0.2, 0.25) is 0 Å². The average molecular weight is 402 g/mol. The highest BCUT2D eigenvalue weighted by molar-refractivity contribution is 9.10. The molecule has 0 unspecified atom stereocenters. The number of anilines is 1. The summed E-state index contributed by atoms with van der Waals surface area (Å²) in [6.07, 6.45) is 3.69. The van der Waals surface area contributed by atoms with Crippen LogP contribution in [-0.4, -0.2) is 26.8 Å². The number of rotatable bonds is 5. The zero-order valence-electron chi connectivity index (χ0n) is 14.4. The van der Waals surface area contributed by atoms with E-state index in [0.717, 1.165) is 39.4 Å². The lowest BCUT2D eigenvalue weighted by atomic mass is 10.0. The van der Waals surface area contributed by atoms with E-state index in [9.17, 15) is 4.79 Å². The first-order chi connectivity index (χ1) is 11.9. The van der Waals surface area contributed by atoms with Gasteiger partial charge in [0.05, 0.1) is 11.9 Å². The highest BCUT2D eigenvalue weighted by atomic mass is 79.9. The Hall–Kier alpha value is -2.41. The number of benzene rings is 1. The number of nitrogens with zero attached hydrogens (tertiary/aromatic N) is 3. The molecule has 0 spiro atoms. The second-order valence-corrected chi connectivity index (χ2v) is 7.23. The van der Waals surface area contributed by atoms with E-state index in [1.165, 1.54) is 0 Å². The van der Waals surface area contributed by atoms with Crippen LogP contribution in [0.25, 0.3) is 16.9 Å². The van der Waals surface area contributed by atoms with Crippen LogP contribution in [0.15, 0.2) is 35.2 Å². The molecule has 0 aliphatic carbocycles. The van der Waals surface area contributed by atoms with Crippen molar-refractivity contribution in [3.63, 3.8) is 0 Å². The third-order valence-electron chi connectivity index (χ3n) is 3.93. The van der Waals surface area contributed by atoms with Gasteiger partial charge in [-0.3, -0.25) is 9.20 Å². The summed E-state index contributed by atoms with van der Waals surface area (Å²) in [5.41, 5.74) is 9.40. The van der Waals surface area contributed by atoms with Gasteiger partial charge in [0.2, 0.25) is 5.91 Å². The number of aryl methyl sites for hydroxylation is 1. The van der Waals surface area contributed by atoms with Crippen molar-refractivity contribution in [1.29, 1.82) is 0 Å². The number of hydrogen-bond donors (Lipinski definition) is 2. The molecule has 2 heterocycles. The van der Waals surface area contributed by atoms with Gasteiger partial charge in [-0.25, -0.2) is 9.97 Å². The third-order valence-corrected chi connectivity index (χ3v) is 4.31. The molecular formula is C18H20BrN5O. The summed E-state index contributed by atoms with van der Waals surface area (Å²) in [5.74, 6) is 0.813. The maximum absolute atomic E-state index is 11.4. The fraction of sp³-hybridized carbons (Fsp3) is 0.278. The molecule has 0 saturated carbocycles. The molecule has 0 fully saturated rings. The molecule has 2 aromatic heterocycles. The first kappa shape index (κ1) is 17.4. The Morgan fingerprint density at radius 1 is 1.40 bits per heavy atom. The Bertz CT molecular complexity index is 948. The van der Waals surface area contributed by atoms with Crippen LogP contribution in [0.4, 0.5) is 5.82 Å². The lowest BCUT2D eigenvalue weighted by molar-refractivity contribution is 0.0999. The molecule has 6 nitrogen and oxygen atoms in total. The molecular weight excluding hydrogens is 382 g/mol. The monoisotopic (exact) mass is 401 g/mol. The summed E-state index contributed by atoms with van der Waals surface area (Å²) in [7, 11) is 0. The van der Waals surface area contributed by atoms with Gasteiger partial charge in [0, 0.05) is 23.9 Å². The summed E-state index contributed by atoms with van der Waals surface area (Å²) in [5, 5.41) is 3.34. The summed E-state index contributed by atoms with van der Waals surface area (Å²) in [6.45, 7) is 6.97. The number of halogens is 1. The lowest BCUT2D eigenvalue weighted by Crippen LogP contribution is -2.12. The molecule has 0 saturated heterocycles. The minimum atomic E-state index is -0.422. The van der Waals surface area contributed by atoms with Gasteiger partial charge in [-0.2, -0.15) is 0 Å². The summed E-state index contributed by atoms with van der Waals surface area (Å²) in [4.78, 5) is 20.5. The van der Waals surface area contributed by atoms with E-state index in [4.69, 9.17) is 5.73 Å². The summed E-state index contributed by atoms with van der Waals surface area (Å²) in [6, 6.07) is 5.58. The number of carbonyl (C=O) groups is 1. The Kier molecular flexibility index (Phi) is 4.76. The average Bonchev–Trinajstić information content (AvgIpc) is 2.95. The van der Waals surface area contributed by atoms with Crippen molar-refractivity contribution in [2.75, 3.05) is 11.9 Å². The van der Waals surface area contributed by atoms with E-state index in [0.29, 0.717) is 11.5 Å². The molecule has 7 heteroatoms.